The van der Waals surface area contributed by atoms with Crippen LogP contribution in [-0.4, -0.2) is 24.0 Å². The topological polar surface area (TPSA) is 45.2 Å². The number of hydrogen-bond donors (Lipinski definition) is 1. The van der Waals surface area contributed by atoms with Crippen LogP contribution in [0.5, 0.6) is 0 Å². The summed E-state index contributed by atoms with van der Waals surface area (Å²) >= 11 is 0. The van der Waals surface area contributed by atoms with Crippen molar-refractivity contribution in [3.8, 4) is 0 Å². The van der Waals surface area contributed by atoms with Gasteiger partial charge in [-0.3, -0.25) is 9.78 Å². The van der Waals surface area contributed by atoms with Crippen molar-refractivity contribution in [3.05, 3.63) is 90.0 Å². The lowest BCUT2D eigenvalue weighted by molar-refractivity contribution is 0.0949. The first kappa shape index (κ1) is 18.6. The summed E-state index contributed by atoms with van der Waals surface area (Å²) in [6, 6.07) is 20.0. The average Bonchev–Trinajstić information content (AvgIpc) is 2.71. The molecule has 0 fully saturated rings. The van der Waals surface area contributed by atoms with E-state index in [2.05, 4.69) is 22.1 Å². The first-order valence-corrected chi connectivity index (χ1v) is 8.98. The quantitative estimate of drug-likeness (QED) is 0.679. The summed E-state index contributed by atoms with van der Waals surface area (Å²) < 4.78 is 12.9. The number of rotatable bonds is 7. The Balaban J connectivity index is 1.65. The van der Waals surface area contributed by atoms with Crippen molar-refractivity contribution >= 4 is 17.3 Å². The Kier molecular flexibility index (Phi) is 6.15. The van der Waals surface area contributed by atoms with Crippen molar-refractivity contribution in [1.82, 2.24) is 10.3 Å². The maximum atomic E-state index is 12.9. The molecule has 3 rings (SSSR count). The number of para-hydroxylation sites is 1. The van der Waals surface area contributed by atoms with E-state index in [4.69, 9.17) is 0 Å². The van der Waals surface area contributed by atoms with Gasteiger partial charge in [0.2, 0.25) is 0 Å². The van der Waals surface area contributed by atoms with Crippen LogP contribution in [0.2, 0.25) is 0 Å². The summed E-state index contributed by atoms with van der Waals surface area (Å²) in [5.74, 6) is -0.481. The van der Waals surface area contributed by atoms with E-state index in [9.17, 15) is 9.18 Å². The van der Waals surface area contributed by atoms with Gasteiger partial charge in [-0.1, -0.05) is 30.3 Å². The maximum Gasteiger partial charge on any atom is 0.269 e. The first-order chi connectivity index (χ1) is 13.2. The average molecular weight is 363 g/mol. The highest BCUT2D eigenvalue weighted by Crippen LogP contribution is 2.24. The Labute approximate surface area is 158 Å². The molecule has 2 aromatic carbocycles. The fourth-order valence-corrected chi connectivity index (χ4v) is 2.90. The molecule has 0 atom stereocenters. The molecule has 3 aromatic rings. The van der Waals surface area contributed by atoms with E-state index < -0.39 is 0 Å². The maximum absolute atomic E-state index is 12.9. The number of pyridine rings is 1. The van der Waals surface area contributed by atoms with Crippen LogP contribution in [0, 0.1) is 5.82 Å². The normalized spacial score (nSPS) is 10.4. The Hall–Kier alpha value is -3.21. The van der Waals surface area contributed by atoms with Gasteiger partial charge in [0.25, 0.3) is 5.91 Å². The zero-order chi connectivity index (χ0) is 19.1. The first-order valence-electron chi connectivity index (χ1n) is 8.98. The molecule has 0 saturated carbocycles. The van der Waals surface area contributed by atoms with Gasteiger partial charge in [-0.15, -0.1) is 0 Å². The molecule has 0 radical (unpaired) electrons. The van der Waals surface area contributed by atoms with E-state index in [-0.39, 0.29) is 11.7 Å². The van der Waals surface area contributed by atoms with Crippen molar-refractivity contribution < 1.29 is 9.18 Å². The summed E-state index contributed by atoms with van der Waals surface area (Å²) in [5, 5.41) is 2.87. The van der Waals surface area contributed by atoms with E-state index in [1.165, 1.54) is 12.1 Å². The SMILES string of the molecule is CCN(c1ccccc1)c1ccnc(C(=O)NCCc2ccc(F)cc2)c1. The van der Waals surface area contributed by atoms with E-state index in [0.29, 0.717) is 18.7 Å². The van der Waals surface area contributed by atoms with Gasteiger partial charge in [-0.05, 0) is 55.3 Å². The van der Waals surface area contributed by atoms with Crippen LogP contribution in [0.1, 0.15) is 23.0 Å². The molecule has 0 aliphatic heterocycles. The molecule has 0 aliphatic carbocycles. The zero-order valence-electron chi connectivity index (χ0n) is 15.2. The summed E-state index contributed by atoms with van der Waals surface area (Å²) in [6.45, 7) is 3.31. The molecule has 0 saturated heterocycles. The molecule has 4 nitrogen and oxygen atoms in total. The van der Waals surface area contributed by atoms with Crippen molar-refractivity contribution in [1.29, 1.82) is 0 Å². The van der Waals surface area contributed by atoms with Crippen LogP contribution in [0.25, 0.3) is 0 Å². The van der Waals surface area contributed by atoms with Crippen LogP contribution < -0.4 is 10.2 Å². The van der Waals surface area contributed by atoms with Crippen LogP contribution in [0.3, 0.4) is 0 Å². The van der Waals surface area contributed by atoms with Gasteiger partial charge in [-0.2, -0.15) is 0 Å². The lowest BCUT2D eigenvalue weighted by Crippen LogP contribution is -2.27. The molecule has 1 aromatic heterocycles. The van der Waals surface area contributed by atoms with Gasteiger partial charge < -0.3 is 10.2 Å². The van der Waals surface area contributed by atoms with Crippen LogP contribution >= 0.6 is 0 Å². The summed E-state index contributed by atoms with van der Waals surface area (Å²) in [5.41, 5.74) is 3.33. The minimum absolute atomic E-state index is 0.219. The molecule has 0 bridgehead atoms. The smallest absolute Gasteiger partial charge is 0.269 e. The molecule has 5 heteroatoms. The Morgan fingerprint density at radius 2 is 1.78 bits per heavy atom. The van der Waals surface area contributed by atoms with Crippen LogP contribution in [-0.2, 0) is 6.42 Å². The Morgan fingerprint density at radius 3 is 2.48 bits per heavy atom. The van der Waals surface area contributed by atoms with Crippen molar-refractivity contribution in [2.24, 2.45) is 0 Å². The van der Waals surface area contributed by atoms with Gasteiger partial charge in [0, 0.05) is 30.7 Å². The number of carbonyl (C=O) groups is 1. The molecular formula is C22H22FN3O. The molecule has 1 heterocycles. The highest BCUT2D eigenvalue weighted by atomic mass is 19.1. The van der Waals surface area contributed by atoms with Crippen molar-refractivity contribution in [2.45, 2.75) is 13.3 Å². The largest absolute Gasteiger partial charge is 0.350 e. The van der Waals surface area contributed by atoms with Crippen LogP contribution in [0.4, 0.5) is 15.8 Å². The minimum Gasteiger partial charge on any atom is -0.350 e. The summed E-state index contributed by atoms with van der Waals surface area (Å²) in [7, 11) is 0. The lowest BCUT2D eigenvalue weighted by atomic mass is 10.1. The van der Waals surface area contributed by atoms with Crippen molar-refractivity contribution in [2.75, 3.05) is 18.0 Å². The molecule has 1 amide bonds. The minimum atomic E-state index is -0.261. The second-order valence-corrected chi connectivity index (χ2v) is 6.11. The summed E-state index contributed by atoms with van der Waals surface area (Å²) in [4.78, 5) is 18.8. The Bertz CT molecular complexity index is 882. The predicted octanol–water partition coefficient (Wildman–Crippen LogP) is 4.35. The zero-order valence-corrected chi connectivity index (χ0v) is 15.2. The number of anilines is 2. The molecule has 1 N–H and O–H groups in total. The van der Waals surface area contributed by atoms with E-state index >= 15 is 0 Å². The van der Waals surface area contributed by atoms with E-state index in [1.54, 1.807) is 24.4 Å². The third kappa shape index (κ3) is 4.91. The molecule has 0 aliphatic rings. The molecule has 0 spiro atoms. The van der Waals surface area contributed by atoms with E-state index in [0.717, 1.165) is 23.5 Å². The number of hydrogen-bond acceptors (Lipinski definition) is 3. The molecule has 0 unspecified atom stereocenters. The highest BCUT2D eigenvalue weighted by molar-refractivity contribution is 5.93. The second kappa shape index (κ2) is 8.94. The standard InChI is InChI=1S/C22H22FN3O/c1-2-26(19-6-4-3-5-7-19)20-13-15-24-21(16-20)22(27)25-14-12-17-8-10-18(23)11-9-17/h3-11,13,15-16H,2,12,14H2,1H3,(H,25,27). The lowest BCUT2D eigenvalue weighted by Gasteiger charge is -2.23. The number of amides is 1. The fourth-order valence-electron chi connectivity index (χ4n) is 2.90. The van der Waals surface area contributed by atoms with Crippen LogP contribution in [0.15, 0.2) is 72.9 Å². The van der Waals surface area contributed by atoms with Gasteiger partial charge in [-0.25, -0.2) is 4.39 Å². The molecule has 138 valence electrons. The fraction of sp³-hybridized carbons (Fsp3) is 0.182. The number of carbonyl (C=O) groups excluding carboxylic acids is 1. The van der Waals surface area contributed by atoms with Gasteiger partial charge in [0.05, 0.1) is 0 Å². The van der Waals surface area contributed by atoms with Gasteiger partial charge in [0.15, 0.2) is 0 Å². The third-order valence-electron chi connectivity index (χ3n) is 4.28. The monoisotopic (exact) mass is 363 g/mol. The predicted molar refractivity (Wildman–Crippen MR) is 106 cm³/mol. The number of nitrogens with zero attached hydrogens (tertiary/aromatic N) is 2. The second-order valence-electron chi connectivity index (χ2n) is 6.11. The highest BCUT2D eigenvalue weighted by Gasteiger charge is 2.12. The number of nitrogens with one attached hydrogen (secondary N) is 1. The number of aromatic nitrogens is 1. The third-order valence-corrected chi connectivity index (χ3v) is 4.28. The van der Waals surface area contributed by atoms with Gasteiger partial charge in [0.1, 0.15) is 11.5 Å². The molecular weight excluding hydrogens is 341 g/mol. The van der Waals surface area contributed by atoms with Crippen molar-refractivity contribution in [3.63, 3.8) is 0 Å². The summed E-state index contributed by atoms with van der Waals surface area (Å²) in [6.07, 6.45) is 2.28. The number of benzene rings is 2. The van der Waals surface area contributed by atoms with E-state index in [1.807, 2.05) is 36.4 Å². The Morgan fingerprint density at radius 1 is 1.04 bits per heavy atom. The molecule has 27 heavy (non-hydrogen) atoms. The number of halogens is 1. The van der Waals surface area contributed by atoms with Gasteiger partial charge >= 0.3 is 0 Å².